The normalized spacial score (nSPS) is 19.9. The SMILES string of the molecule is CS(=O)Cc1cccc(C(=O)N2CCN(CC(=O)N3CCCCCC3)CC2)c1. The third-order valence-corrected chi connectivity index (χ3v) is 6.26. The van der Waals surface area contributed by atoms with Gasteiger partial charge in [0.2, 0.25) is 5.91 Å². The molecular formula is C21H31N3O3S. The Morgan fingerprint density at radius 2 is 1.61 bits per heavy atom. The third kappa shape index (κ3) is 5.88. The Morgan fingerprint density at radius 1 is 0.929 bits per heavy atom. The zero-order valence-corrected chi connectivity index (χ0v) is 17.6. The highest BCUT2D eigenvalue weighted by Gasteiger charge is 2.25. The number of likely N-dealkylation sites (tertiary alicyclic amines) is 1. The highest BCUT2D eigenvalue weighted by atomic mass is 32.2. The molecule has 2 aliphatic heterocycles. The van der Waals surface area contributed by atoms with Crippen molar-refractivity contribution in [3.63, 3.8) is 0 Å². The molecule has 7 heteroatoms. The van der Waals surface area contributed by atoms with Gasteiger partial charge in [-0.05, 0) is 30.5 Å². The molecule has 1 atom stereocenters. The van der Waals surface area contributed by atoms with Crippen LogP contribution in [0.2, 0.25) is 0 Å². The quantitative estimate of drug-likeness (QED) is 0.749. The van der Waals surface area contributed by atoms with Crippen molar-refractivity contribution >= 4 is 22.6 Å². The zero-order valence-electron chi connectivity index (χ0n) is 16.8. The monoisotopic (exact) mass is 405 g/mol. The van der Waals surface area contributed by atoms with Gasteiger partial charge in [0.15, 0.2) is 0 Å². The molecule has 2 saturated heterocycles. The van der Waals surface area contributed by atoms with Crippen molar-refractivity contribution in [3.05, 3.63) is 35.4 Å². The van der Waals surface area contributed by atoms with Crippen molar-refractivity contribution in [1.82, 2.24) is 14.7 Å². The largest absolute Gasteiger partial charge is 0.342 e. The molecule has 3 rings (SSSR count). The Labute approximate surface area is 170 Å². The van der Waals surface area contributed by atoms with Gasteiger partial charge in [-0.1, -0.05) is 25.0 Å². The number of piperazine rings is 1. The molecule has 0 bridgehead atoms. The fraction of sp³-hybridized carbons (Fsp3) is 0.619. The number of carbonyl (C=O) groups excluding carboxylic acids is 2. The molecule has 0 spiro atoms. The first-order chi connectivity index (χ1) is 13.5. The van der Waals surface area contributed by atoms with E-state index in [2.05, 4.69) is 4.90 Å². The second-order valence-electron chi connectivity index (χ2n) is 7.78. The molecule has 2 heterocycles. The van der Waals surface area contributed by atoms with Gasteiger partial charge in [0, 0.05) is 67.6 Å². The van der Waals surface area contributed by atoms with Crippen LogP contribution in [-0.2, 0) is 21.3 Å². The van der Waals surface area contributed by atoms with Crippen molar-refractivity contribution in [2.24, 2.45) is 0 Å². The molecule has 2 fully saturated rings. The molecule has 1 aromatic rings. The lowest BCUT2D eigenvalue weighted by molar-refractivity contribution is -0.132. The van der Waals surface area contributed by atoms with Gasteiger partial charge in [-0.2, -0.15) is 0 Å². The molecule has 6 nitrogen and oxygen atoms in total. The molecule has 2 amide bonds. The summed E-state index contributed by atoms with van der Waals surface area (Å²) in [5, 5.41) is 0. The van der Waals surface area contributed by atoms with Gasteiger partial charge in [-0.15, -0.1) is 0 Å². The number of carbonyl (C=O) groups is 2. The second kappa shape index (κ2) is 10.2. The molecule has 1 aromatic carbocycles. The van der Waals surface area contributed by atoms with Crippen LogP contribution in [0.4, 0.5) is 0 Å². The Hall–Kier alpha value is -1.73. The fourth-order valence-electron chi connectivity index (χ4n) is 3.93. The van der Waals surface area contributed by atoms with E-state index in [0.717, 1.165) is 44.6 Å². The topological polar surface area (TPSA) is 60.9 Å². The van der Waals surface area contributed by atoms with Crippen LogP contribution < -0.4 is 0 Å². The van der Waals surface area contributed by atoms with Gasteiger partial charge < -0.3 is 9.80 Å². The van der Waals surface area contributed by atoms with Crippen LogP contribution >= 0.6 is 0 Å². The van der Waals surface area contributed by atoms with E-state index < -0.39 is 10.8 Å². The molecule has 0 aromatic heterocycles. The Bertz CT molecular complexity index is 709. The molecule has 154 valence electrons. The standard InChI is InChI=1S/C21H31N3O3S/c1-28(27)17-18-7-6-8-19(15-18)21(26)24-13-11-22(12-14-24)16-20(25)23-9-4-2-3-5-10-23/h6-8,15H,2-5,9-14,16-17H2,1H3. The summed E-state index contributed by atoms with van der Waals surface area (Å²) < 4.78 is 11.4. The summed E-state index contributed by atoms with van der Waals surface area (Å²) in [6, 6.07) is 7.43. The van der Waals surface area contributed by atoms with E-state index in [1.165, 1.54) is 12.8 Å². The predicted molar refractivity (Wildman–Crippen MR) is 112 cm³/mol. The van der Waals surface area contributed by atoms with Crippen molar-refractivity contribution < 1.29 is 13.8 Å². The molecule has 2 aliphatic rings. The van der Waals surface area contributed by atoms with Crippen LogP contribution in [0, 0.1) is 0 Å². The van der Waals surface area contributed by atoms with E-state index in [-0.39, 0.29) is 11.8 Å². The van der Waals surface area contributed by atoms with Crippen LogP contribution in [-0.4, -0.2) is 82.8 Å². The number of hydrogen-bond donors (Lipinski definition) is 0. The maximum absolute atomic E-state index is 12.8. The first kappa shape index (κ1) is 21.0. The Morgan fingerprint density at radius 3 is 2.25 bits per heavy atom. The minimum Gasteiger partial charge on any atom is -0.342 e. The summed E-state index contributed by atoms with van der Waals surface area (Å²) in [4.78, 5) is 31.4. The average molecular weight is 406 g/mol. The van der Waals surface area contributed by atoms with E-state index in [9.17, 15) is 13.8 Å². The number of hydrogen-bond acceptors (Lipinski definition) is 4. The van der Waals surface area contributed by atoms with Crippen molar-refractivity contribution in [1.29, 1.82) is 0 Å². The summed E-state index contributed by atoms with van der Waals surface area (Å²) in [6.07, 6.45) is 6.33. The minimum absolute atomic E-state index is 0.0160. The second-order valence-corrected chi connectivity index (χ2v) is 9.22. The average Bonchev–Trinajstić information content (AvgIpc) is 2.97. The van der Waals surface area contributed by atoms with Gasteiger partial charge in [-0.25, -0.2) is 0 Å². The van der Waals surface area contributed by atoms with Crippen LogP contribution in [0.15, 0.2) is 24.3 Å². The van der Waals surface area contributed by atoms with Crippen LogP contribution in [0.5, 0.6) is 0 Å². The minimum atomic E-state index is -0.924. The van der Waals surface area contributed by atoms with Gasteiger partial charge in [0.1, 0.15) is 0 Å². The Kier molecular flexibility index (Phi) is 7.62. The van der Waals surface area contributed by atoms with E-state index in [4.69, 9.17) is 0 Å². The Balaban J connectivity index is 1.50. The van der Waals surface area contributed by atoms with Gasteiger partial charge in [-0.3, -0.25) is 18.7 Å². The zero-order chi connectivity index (χ0) is 19.9. The first-order valence-electron chi connectivity index (χ1n) is 10.2. The van der Waals surface area contributed by atoms with E-state index >= 15 is 0 Å². The van der Waals surface area contributed by atoms with Gasteiger partial charge in [0.05, 0.1) is 6.54 Å². The lowest BCUT2D eigenvalue weighted by Gasteiger charge is -2.35. The third-order valence-electron chi connectivity index (χ3n) is 5.52. The predicted octanol–water partition coefficient (Wildman–Crippen LogP) is 1.73. The van der Waals surface area contributed by atoms with Crippen molar-refractivity contribution in [2.45, 2.75) is 31.4 Å². The lowest BCUT2D eigenvalue weighted by atomic mass is 10.1. The number of amides is 2. The van der Waals surface area contributed by atoms with Crippen LogP contribution in [0.1, 0.15) is 41.6 Å². The molecule has 1 unspecified atom stereocenters. The van der Waals surface area contributed by atoms with Gasteiger partial charge >= 0.3 is 0 Å². The molecular weight excluding hydrogens is 374 g/mol. The molecule has 28 heavy (non-hydrogen) atoms. The number of rotatable bonds is 5. The summed E-state index contributed by atoms with van der Waals surface area (Å²) in [5.74, 6) is 0.706. The highest BCUT2D eigenvalue weighted by molar-refractivity contribution is 7.83. The van der Waals surface area contributed by atoms with Crippen LogP contribution in [0.25, 0.3) is 0 Å². The molecule has 0 N–H and O–H groups in total. The maximum Gasteiger partial charge on any atom is 0.253 e. The summed E-state index contributed by atoms with van der Waals surface area (Å²) in [6.45, 7) is 4.95. The highest BCUT2D eigenvalue weighted by Crippen LogP contribution is 2.14. The smallest absolute Gasteiger partial charge is 0.253 e. The maximum atomic E-state index is 12.8. The fourth-order valence-corrected chi connectivity index (χ4v) is 4.58. The number of benzene rings is 1. The summed E-state index contributed by atoms with van der Waals surface area (Å²) >= 11 is 0. The lowest BCUT2D eigenvalue weighted by Crippen LogP contribution is -2.51. The molecule has 0 aliphatic carbocycles. The van der Waals surface area contributed by atoms with E-state index in [0.29, 0.717) is 31.0 Å². The van der Waals surface area contributed by atoms with Crippen molar-refractivity contribution in [3.8, 4) is 0 Å². The number of nitrogens with zero attached hydrogens (tertiary/aromatic N) is 3. The van der Waals surface area contributed by atoms with Crippen molar-refractivity contribution in [2.75, 3.05) is 52.1 Å². The summed E-state index contributed by atoms with van der Waals surface area (Å²) in [5.41, 5.74) is 1.57. The van der Waals surface area contributed by atoms with Crippen LogP contribution in [0.3, 0.4) is 0 Å². The molecule has 0 saturated carbocycles. The summed E-state index contributed by atoms with van der Waals surface area (Å²) in [7, 11) is -0.924. The first-order valence-corrected chi connectivity index (χ1v) is 11.9. The molecule has 0 radical (unpaired) electrons. The van der Waals surface area contributed by atoms with Gasteiger partial charge in [0.25, 0.3) is 5.91 Å². The van der Waals surface area contributed by atoms with E-state index in [1.807, 2.05) is 34.1 Å². The van der Waals surface area contributed by atoms with E-state index in [1.54, 1.807) is 6.26 Å².